The molecule has 28 heavy (non-hydrogen) atoms. The highest BCUT2D eigenvalue weighted by molar-refractivity contribution is 8.38. The Morgan fingerprint density at radius 3 is 2.54 bits per heavy atom. The first kappa shape index (κ1) is 20.2. The number of hydrogen-bond acceptors (Lipinski definition) is 7. The zero-order valence-electron chi connectivity index (χ0n) is 16.1. The third kappa shape index (κ3) is 4.48. The predicted molar refractivity (Wildman–Crippen MR) is 116 cm³/mol. The van der Waals surface area contributed by atoms with Gasteiger partial charge in [-0.15, -0.1) is 11.8 Å². The summed E-state index contributed by atoms with van der Waals surface area (Å²) < 4.78 is 8.68. The molecule has 0 aliphatic rings. The van der Waals surface area contributed by atoms with E-state index in [2.05, 4.69) is 10.4 Å². The summed E-state index contributed by atoms with van der Waals surface area (Å²) in [5.74, 6) is 1.47. The molecule has 9 heteroatoms. The zero-order chi connectivity index (χ0) is 20.1. The molecule has 0 N–H and O–H groups in total. The molecule has 0 aliphatic carbocycles. The lowest BCUT2D eigenvalue weighted by Crippen LogP contribution is -2.23. The van der Waals surface area contributed by atoms with Crippen LogP contribution < -0.4 is 10.4 Å². The number of ether oxygens (including phenoxy) is 1. The van der Waals surface area contributed by atoms with Gasteiger partial charge in [-0.3, -0.25) is 0 Å². The van der Waals surface area contributed by atoms with E-state index in [1.54, 1.807) is 37.7 Å². The van der Waals surface area contributed by atoms with Gasteiger partial charge < -0.3 is 4.74 Å². The summed E-state index contributed by atoms with van der Waals surface area (Å²) in [6, 6.07) is 13.5. The number of aryl methyl sites for hydroxylation is 2. The maximum absolute atomic E-state index is 12.3. The van der Waals surface area contributed by atoms with Gasteiger partial charge in [0.05, 0.1) is 18.5 Å². The van der Waals surface area contributed by atoms with Crippen LogP contribution in [0.15, 0.2) is 52.3 Å². The number of aliphatic imine (C=N–C) groups is 1. The Hall–Kier alpha value is -2.52. The van der Waals surface area contributed by atoms with E-state index in [0.717, 1.165) is 32.6 Å². The van der Waals surface area contributed by atoms with E-state index < -0.39 is 0 Å². The molecule has 2 aromatic carbocycles. The van der Waals surface area contributed by atoms with E-state index in [9.17, 15) is 4.79 Å². The average Bonchev–Trinajstić information content (AvgIpc) is 3.04. The van der Waals surface area contributed by atoms with Gasteiger partial charge in [0.15, 0.2) is 0 Å². The molecule has 3 aromatic rings. The lowest BCUT2D eigenvalue weighted by Gasteiger charge is -2.11. The second kappa shape index (κ2) is 9.11. The molecule has 0 fully saturated rings. The summed E-state index contributed by atoms with van der Waals surface area (Å²) in [5, 5.41) is 7.80. The summed E-state index contributed by atoms with van der Waals surface area (Å²) in [6.45, 7) is 2.03. The number of benzene rings is 2. The van der Waals surface area contributed by atoms with Crippen LogP contribution in [0.1, 0.15) is 11.1 Å². The SMILES string of the molecule is COc1ccc(N=C(SC)SCc2c(C)cccc2-n2nnn(C)c2=O)cc1. The first-order valence-corrected chi connectivity index (χ1v) is 10.7. The largest absolute Gasteiger partial charge is 0.497 e. The molecule has 0 amide bonds. The van der Waals surface area contributed by atoms with Gasteiger partial charge >= 0.3 is 5.69 Å². The highest BCUT2D eigenvalue weighted by Gasteiger charge is 2.14. The predicted octanol–water partition coefficient (Wildman–Crippen LogP) is 3.57. The topological polar surface area (TPSA) is 74.3 Å². The van der Waals surface area contributed by atoms with Crippen molar-refractivity contribution < 1.29 is 4.74 Å². The van der Waals surface area contributed by atoms with E-state index in [1.807, 2.05) is 55.6 Å². The normalized spacial score (nSPS) is 11.6. The Labute approximate surface area is 171 Å². The van der Waals surface area contributed by atoms with Crippen LogP contribution in [0.25, 0.3) is 5.69 Å². The summed E-state index contributed by atoms with van der Waals surface area (Å²) >= 11 is 3.22. The molecule has 7 nitrogen and oxygen atoms in total. The molecule has 0 saturated heterocycles. The monoisotopic (exact) mass is 415 g/mol. The van der Waals surface area contributed by atoms with E-state index in [4.69, 9.17) is 9.73 Å². The quantitative estimate of drug-likeness (QED) is 0.468. The standard InChI is InChI=1S/C19H21N5O2S2/c1-13-6-5-7-17(24-19(25)23(2)21-22-24)16(13)12-28-18(27-4)20-14-8-10-15(26-3)11-9-14/h5-11H,12H2,1-4H3. The fourth-order valence-electron chi connectivity index (χ4n) is 2.57. The van der Waals surface area contributed by atoms with Gasteiger partial charge in [0, 0.05) is 12.8 Å². The molecule has 1 heterocycles. The molecule has 0 bridgehead atoms. The average molecular weight is 416 g/mol. The van der Waals surface area contributed by atoms with Crippen molar-refractivity contribution in [1.29, 1.82) is 0 Å². The summed E-state index contributed by atoms with van der Waals surface area (Å²) in [5.41, 5.74) is 3.47. The second-order valence-electron chi connectivity index (χ2n) is 5.94. The van der Waals surface area contributed by atoms with Gasteiger partial charge in [-0.25, -0.2) is 9.79 Å². The minimum Gasteiger partial charge on any atom is -0.497 e. The van der Waals surface area contributed by atoms with Crippen LogP contribution in [0.5, 0.6) is 5.75 Å². The molecule has 1 aromatic heterocycles. The smallest absolute Gasteiger partial charge is 0.368 e. The van der Waals surface area contributed by atoms with Crippen molar-refractivity contribution >= 4 is 33.6 Å². The molecular formula is C19H21N5O2S2. The fraction of sp³-hybridized carbons (Fsp3) is 0.263. The van der Waals surface area contributed by atoms with Gasteiger partial charge in [-0.05, 0) is 65.1 Å². The number of nitrogens with zero attached hydrogens (tertiary/aromatic N) is 5. The summed E-state index contributed by atoms with van der Waals surface area (Å²) in [7, 11) is 3.23. The lowest BCUT2D eigenvalue weighted by atomic mass is 10.1. The number of rotatable bonds is 5. The maximum Gasteiger partial charge on any atom is 0.368 e. The van der Waals surface area contributed by atoms with Crippen molar-refractivity contribution in [2.24, 2.45) is 12.0 Å². The van der Waals surface area contributed by atoms with Crippen molar-refractivity contribution in [2.75, 3.05) is 13.4 Å². The molecule has 0 radical (unpaired) electrons. The summed E-state index contributed by atoms with van der Waals surface area (Å²) in [6.07, 6.45) is 2.00. The fourth-order valence-corrected chi connectivity index (χ4v) is 4.23. The van der Waals surface area contributed by atoms with Crippen LogP contribution in [0.3, 0.4) is 0 Å². The third-order valence-electron chi connectivity index (χ3n) is 4.14. The van der Waals surface area contributed by atoms with Gasteiger partial charge in [0.2, 0.25) is 0 Å². The minimum atomic E-state index is -0.270. The number of methoxy groups -OCH3 is 1. The maximum atomic E-state index is 12.3. The van der Waals surface area contributed by atoms with E-state index in [1.165, 1.54) is 9.36 Å². The Morgan fingerprint density at radius 1 is 1.18 bits per heavy atom. The van der Waals surface area contributed by atoms with E-state index in [0.29, 0.717) is 5.75 Å². The van der Waals surface area contributed by atoms with Crippen molar-refractivity contribution in [2.45, 2.75) is 12.7 Å². The molecule has 0 spiro atoms. The second-order valence-corrected chi connectivity index (χ2v) is 7.96. The van der Waals surface area contributed by atoms with Crippen molar-refractivity contribution in [3.05, 3.63) is 64.1 Å². The highest BCUT2D eigenvalue weighted by atomic mass is 32.2. The van der Waals surface area contributed by atoms with Crippen molar-refractivity contribution in [1.82, 2.24) is 19.8 Å². The van der Waals surface area contributed by atoms with Gasteiger partial charge in [0.1, 0.15) is 10.1 Å². The molecule has 146 valence electrons. The number of hydrogen-bond donors (Lipinski definition) is 0. The third-order valence-corrected chi connectivity index (χ3v) is 6.21. The Bertz CT molecular complexity index is 1040. The summed E-state index contributed by atoms with van der Waals surface area (Å²) in [4.78, 5) is 17.0. The van der Waals surface area contributed by atoms with Crippen LogP contribution in [0.2, 0.25) is 0 Å². The Morgan fingerprint density at radius 2 is 1.93 bits per heavy atom. The van der Waals surface area contributed by atoms with Crippen molar-refractivity contribution in [3.63, 3.8) is 0 Å². The number of tetrazole rings is 1. The van der Waals surface area contributed by atoms with Crippen LogP contribution in [-0.2, 0) is 12.8 Å². The molecule has 3 rings (SSSR count). The Balaban J connectivity index is 1.85. The molecule has 0 aliphatic heterocycles. The molecular weight excluding hydrogens is 394 g/mol. The lowest BCUT2D eigenvalue weighted by molar-refractivity contribution is 0.415. The molecule has 0 saturated carbocycles. The van der Waals surface area contributed by atoms with Gasteiger partial charge in [0.25, 0.3) is 0 Å². The minimum absolute atomic E-state index is 0.270. The molecule has 0 atom stereocenters. The van der Waals surface area contributed by atoms with Crippen molar-refractivity contribution in [3.8, 4) is 11.4 Å². The molecule has 0 unspecified atom stereocenters. The van der Waals surface area contributed by atoms with Crippen LogP contribution in [0.4, 0.5) is 5.69 Å². The number of thioether (sulfide) groups is 2. The number of aromatic nitrogens is 4. The first-order chi connectivity index (χ1) is 13.5. The van der Waals surface area contributed by atoms with Gasteiger partial charge in [-0.2, -0.15) is 9.36 Å². The highest BCUT2D eigenvalue weighted by Crippen LogP contribution is 2.28. The van der Waals surface area contributed by atoms with Crippen LogP contribution >= 0.6 is 23.5 Å². The first-order valence-electron chi connectivity index (χ1n) is 8.51. The van der Waals surface area contributed by atoms with Gasteiger partial charge in [-0.1, -0.05) is 23.9 Å². The van der Waals surface area contributed by atoms with Crippen LogP contribution in [-0.4, -0.2) is 37.5 Å². The van der Waals surface area contributed by atoms with Crippen LogP contribution in [0, 0.1) is 6.92 Å². The zero-order valence-corrected chi connectivity index (χ0v) is 17.8. The van der Waals surface area contributed by atoms with E-state index in [-0.39, 0.29) is 5.69 Å². The van der Waals surface area contributed by atoms with E-state index >= 15 is 0 Å². The Kier molecular flexibility index (Phi) is 6.58.